The Bertz CT molecular complexity index is 250. The molecule has 0 aromatic rings. The van der Waals surface area contributed by atoms with E-state index < -0.39 is 18.1 Å². The summed E-state index contributed by atoms with van der Waals surface area (Å²) in [4.78, 5) is 12.3. The number of nitrogens with zero attached hydrogens (tertiary/aromatic N) is 1. The summed E-state index contributed by atoms with van der Waals surface area (Å²) in [5.74, 6) is -1.80. The van der Waals surface area contributed by atoms with Crippen molar-refractivity contribution in [3.8, 4) is 0 Å². The number of likely N-dealkylation sites (tertiary alicyclic amines) is 1. The number of hydrogen-bond acceptors (Lipinski definition) is 1. The zero-order chi connectivity index (χ0) is 9.80. The fourth-order valence-electron chi connectivity index (χ4n) is 2.37. The van der Waals surface area contributed by atoms with Crippen LogP contribution in [0, 0.1) is 11.8 Å². The molecule has 1 heterocycles. The lowest BCUT2D eigenvalue weighted by Crippen LogP contribution is -2.33. The fraction of sp³-hybridized carbons (Fsp3) is 0.875. The van der Waals surface area contributed by atoms with Crippen molar-refractivity contribution >= 4 is 5.91 Å². The van der Waals surface area contributed by atoms with E-state index in [0.717, 1.165) is 0 Å². The summed E-state index contributed by atoms with van der Waals surface area (Å²) in [6.45, 7) is 1.82. The predicted molar refractivity (Wildman–Crippen MR) is 38.8 cm³/mol. The van der Waals surface area contributed by atoms with Crippen molar-refractivity contribution in [1.82, 2.24) is 4.90 Å². The summed E-state index contributed by atoms with van der Waals surface area (Å²) in [5, 5.41) is 0. The Balaban J connectivity index is 2.07. The van der Waals surface area contributed by atoms with E-state index in [4.69, 9.17) is 0 Å². The largest absolute Gasteiger partial charge is 0.394 e. The maximum atomic E-state index is 12.3. The van der Waals surface area contributed by atoms with Crippen LogP contribution in [0.5, 0.6) is 0 Å². The molecule has 74 valence electrons. The molecule has 3 unspecified atom stereocenters. The van der Waals surface area contributed by atoms with Crippen molar-refractivity contribution in [3.63, 3.8) is 0 Å². The maximum absolute atomic E-state index is 12.3. The van der Waals surface area contributed by atoms with Crippen molar-refractivity contribution in [3.05, 3.63) is 0 Å². The molecule has 1 aliphatic heterocycles. The lowest BCUT2D eigenvalue weighted by molar-refractivity contribution is -0.159. The normalized spacial score (nSPS) is 37.5. The number of halogens is 3. The number of alkyl halides is 3. The third-order valence-corrected chi connectivity index (χ3v) is 2.97. The molecule has 13 heavy (non-hydrogen) atoms. The van der Waals surface area contributed by atoms with Gasteiger partial charge in [-0.25, -0.2) is 0 Å². The van der Waals surface area contributed by atoms with Gasteiger partial charge in [0.1, 0.15) is 0 Å². The minimum absolute atomic E-state index is 0.237. The van der Waals surface area contributed by atoms with Crippen molar-refractivity contribution in [2.45, 2.75) is 25.6 Å². The first-order valence-electron chi connectivity index (χ1n) is 4.27. The van der Waals surface area contributed by atoms with Gasteiger partial charge in [-0.15, -0.1) is 0 Å². The highest BCUT2D eigenvalue weighted by atomic mass is 19.4. The highest BCUT2D eigenvalue weighted by Gasteiger charge is 2.69. The van der Waals surface area contributed by atoms with Crippen LogP contribution in [0.2, 0.25) is 0 Å². The van der Waals surface area contributed by atoms with E-state index in [1.807, 2.05) is 0 Å². The number of fused-ring (bicyclic) bond motifs is 1. The van der Waals surface area contributed by atoms with E-state index in [-0.39, 0.29) is 11.8 Å². The van der Waals surface area contributed by atoms with Crippen LogP contribution in [0.25, 0.3) is 0 Å². The lowest BCUT2D eigenvalue weighted by atomic mass is 10.2. The molecule has 0 bridgehead atoms. The first-order valence-corrected chi connectivity index (χ1v) is 4.27. The van der Waals surface area contributed by atoms with Crippen molar-refractivity contribution < 1.29 is 18.0 Å². The van der Waals surface area contributed by atoms with Gasteiger partial charge in [-0.2, -0.15) is 13.2 Å². The van der Waals surface area contributed by atoms with E-state index in [1.54, 1.807) is 0 Å². The zero-order valence-electron chi connectivity index (χ0n) is 7.14. The maximum Gasteiger partial charge on any atom is 0.394 e. The second-order valence-electron chi connectivity index (χ2n) is 3.72. The Morgan fingerprint density at radius 1 is 1.46 bits per heavy atom. The highest BCUT2D eigenvalue weighted by Crippen LogP contribution is 2.58. The third-order valence-electron chi connectivity index (χ3n) is 2.97. The minimum atomic E-state index is -4.12. The Morgan fingerprint density at radius 2 is 2.08 bits per heavy atom. The highest BCUT2D eigenvalue weighted by molar-refractivity contribution is 5.74. The van der Waals surface area contributed by atoms with Gasteiger partial charge in [-0.05, 0) is 12.3 Å². The van der Waals surface area contributed by atoms with Crippen LogP contribution in [-0.2, 0) is 4.79 Å². The standard InChI is InChI=1S/C8H10F3NO/c1-4(13)12-3-2-5-6(7(5)12)8(9,10)11/h5-7H,2-3H2,1H3. The second kappa shape index (κ2) is 2.39. The molecule has 2 aliphatic rings. The van der Waals surface area contributed by atoms with Gasteiger partial charge in [-0.3, -0.25) is 4.79 Å². The van der Waals surface area contributed by atoms with Crippen LogP contribution in [-0.4, -0.2) is 29.6 Å². The number of carbonyl (C=O) groups excluding carboxylic acids is 1. The average molecular weight is 193 g/mol. The van der Waals surface area contributed by atoms with E-state index >= 15 is 0 Å². The Kier molecular flexibility index (Phi) is 1.63. The molecule has 0 spiro atoms. The van der Waals surface area contributed by atoms with Crippen LogP contribution >= 0.6 is 0 Å². The number of rotatable bonds is 0. The molecule has 1 aliphatic carbocycles. The molecule has 5 heteroatoms. The molecule has 0 radical (unpaired) electrons. The van der Waals surface area contributed by atoms with Crippen molar-refractivity contribution in [2.75, 3.05) is 6.54 Å². The van der Waals surface area contributed by atoms with Crippen LogP contribution in [0.3, 0.4) is 0 Å². The van der Waals surface area contributed by atoms with Gasteiger partial charge in [-0.1, -0.05) is 0 Å². The van der Waals surface area contributed by atoms with Gasteiger partial charge in [0, 0.05) is 19.5 Å². The van der Waals surface area contributed by atoms with Gasteiger partial charge >= 0.3 is 6.18 Å². The summed E-state index contributed by atoms with van der Waals surface area (Å²) in [6, 6.07) is -0.544. The number of amides is 1. The topological polar surface area (TPSA) is 20.3 Å². The molecular formula is C8H10F3NO. The Labute approximate surface area is 73.7 Å². The minimum Gasteiger partial charge on any atom is -0.339 e. The zero-order valence-corrected chi connectivity index (χ0v) is 7.14. The van der Waals surface area contributed by atoms with Crippen LogP contribution in [0.1, 0.15) is 13.3 Å². The molecule has 0 N–H and O–H groups in total. The Morgan fingerprint density at radius 3 is 2.46 bits per heavy atom. The quantitative estimate of drug-likeness (QED) is 0.569. The fourth-order valence-corrected chi connectivity index (χ4v) is 2.37. The third kappa shape index (κ3) is 1.21. The summed E-state index contributed by atoms with van der Waals surface area (Å²) in [7, 11) is 0. The molecule has 2 fully saturated rings. The van der Waals surface area contributed by atoms with Crippen LogP contribution < -0.4 is 0 Å². The van der Waals surface area contributed by atoms with Crippen molar-refractivity contribution in [2.24, 2.45) is 11.8 Å². The molecule has 2 nitrogen and oxygen atoms in total. The van der Waals surface area contributed by atoms with Gasteiger partial charge in [0.25, 0.3) is 0 Å². The first kappa shape index (κ1) is 8.84. The summed E-state index contributed by atoms with van der Waals surface area (Å²) in [6.07, 6.45) is -3.61. The van der Waals surface area contributed by atoms with Crippen molar-refractivity contribution in [1.29, 1.82) is 0 Å². The van der Waals surface area contributed by atoms with Gasteiger partial charge < -0.3 is 4.90 Å². The monoisotopic (exact) mass is 193 g/mol. The molecule has 1 amide bonds. The molecule has 1 saturated heterocycles. The number of hydrogen-bond donors (Lipinski definition) is 0. The summed E-state index contributed by atoms with van der Waals surface area (Å²) in [5.41, 5.74) is 0. The molecule has 0 aromatic heterocycles. The van der Waals surface area contributed by atoms with Gasteiger partial charge in [0.2, 0.25) is 5.91 Å². The molecule has 2 rings (SSSR count). The lowest BCUT2D eigenvalue weighted by Gasteiger charge is -2.18. The number of carbonyl (C=O) groups is 1. The van der Waals surface area contributed by atoms with Gasteiger partial charge in [0.15, 0.2) is 0 Å². The summed E-state index contributed by atoms with van der Waals surface area (Å²) < 4.78 is 36.8. The molecular weight excluding hydrogens is 183 g/mol. The predicted octanol–water partition coefficient (Wildman–Crippen LogP) is 1.42. The smallest absolute Gasteiger partial charge is 0.339 e. The Hall–Kier alpha value is -0.740. The molecule has 3 atom stereocenters. The van der Waals surface area contributed by atoms with Crippen LogP contribution in [0.4, 0.5) is 13.2 Å². The van der Waals surface area contributed by atoms with E-state index in [2.05, 4.69) is 0 Å². The van der Waals surface area contributed by atoms with E-state index in [0.29, 0.717) is 13.0 Å². The average Bonchev–Trinajstić information content (AvgIpc) is 2.52. The SMILES string of the molecule is CC(=O)N1CCC2C1C2C(F)(F)F. The van der Waals surface area contributed by atoms with Gasteiger partial charge in [0.05, 0.1) is 5.92 Å². The van der Waals surface area contributed by atoms with E-state index in [9.17, 15) is 18.0 Å². The van der Waals surface area contributed by atoms with E-state index in [1.165, 1.54) is 11.8 Å². The second-order valence-corrected chi connectivity index (χ2v) is 3.72. The summed E-state index contributed by atoms with van der Waals surface area (Å²) >= 11 is 0. The molecule has 1 saturated carbocycles. The first-order chi connectivity index (χ1) is 5.93. The molecule has 0 aromatic carbocycles. The number of piperidine rings is 1. The van der Waals surface area contributed by atoms with Crippen LogP contribution in [0.15, 0.2) is 0 Å².